The summed E-state index contributed by atoms with van der Waals surface area (Å²) in [6.45, 7) is -2.72. The number of sulfonamides is 1. The van der Waals surface area contributed by atoms with E-state index < -0.39 is 28.5 Å². The first-order valence-electron chi connectivity index (χ1n) is 11.9. The number of ketones is 1. The number of hydrogen-bond acceptors (Lipinski definition) is 6. The van der Waals surface area contributed by atoms with Crippen molar-refractivity contribution in [2.45, 2.75) is 43.4 Å². The molecule has 2 aromatic heterocycles. The molecule has 3 heterocycles. The number of benzene rings is 2. The number of carbonyl (C=O) groups is 1. The molecule has 0 amide bonds. The first-order valence-corrected chi connectivity index (χ1v) is 13.4. The summed E-state index contributed by atoms with van der Waals surface area (Å²) in [5.74, 6) is -0.676. The van der Waals surface area contributed by atoms with E-state index in [1.54, 1.807) is 30.5 Å². The van der Waals surface area contributed by atoms with Crippen molar-refractivity contribution in [2.75, 3.05) is 6.54 Å². The van der Waals surface area contributed by atoms with E-state index in [2.05, 4.69) is 9.72 Å². The molecule has 0 saturated carbocycles. The Bertz CT molecular complexity index is 1570. The van der Waals surface area contributed by atoms with Crippen LogP contribution in [0.1, 0.15) is 24.8 Å². The van der Waals surface area contributed by atoms with Crippen LogP contribution in [0.15, 0.2) is 76.4 Å². The van der Waals surface area contributed by atoms with Gasteiger partial charge in [-0.15, -0.1) is 0 Å². The molecule has 1 atom stereocenters. The van der Waals surface area contributed by atoms with Gasteiger partial charge in [-0.3, -0.25) is 9.78 Å². The normalized spacial score (nSPS) is 16.4. The SMILES string of the molecule is O=C(CCc1ccnc(-c2ccc(OC(F)F)cc2)c1)C1CCCN1S(=O)(=O)c1cc2cc(F)ccc2o1. The van der Waals surface area contributed by atoms with Gasteiger partial charge in [0.05, 0.1) is 11.7 Å². The van der Waals surface area contributed by atoms with Crippen molar-refractivity contribution >= 4 is 26.8 Å². The smallest absolute Gasteiger partial charge is 0.387 e. The molecule has 7 nitrogen and oxygen atoms in total. The average molecular weight is 545 g/mol. The van der Waals surface area contributed by atoms with E-state index in [4.69, 9.17) is 4.42 Å². The maximum Gasteiger partial charge on any atom is 0.387 e. The predicted octanol–water partition coefficient (Wildman–Crippen LogP) is 5.59. The molecule has 1 aliphatic rings. The summed E-state index contributed by atoms with van der Waals surface area (Å²) >= 11 is 0. The molecule has 38 heavy (non-hydrogen) atoms. The Morgan fingerprint density at radius 1 is 1.11 bits per heavy atom. The minimum Gasteiger partial charge on any atom is -0.443 e. The molecule has 1 saturated heterocycles. The van der Waals surface area contributed by atoms with Gasteiger partial charge in [-0.05, 0) is 79.4 Å². The monoisotopic (exact) mass is 544 g/mol. The minimum absolute atomic E-state index is 0.0383. The number of rotatable bonds is 9. The third-order valence-corrected chi connectivity index (χ3v) is 8.22. The van der Waals surface area contributed by atoms with Gasteiger partial charge in [0.25, 0.3) is 10.0 Å². The van der Waals surface area contributed by atoms with Crippen molar-refractivity contribution in [1.82, 2.24) is 9.29 Å². The van der Waals surface area contributed by atoms with Crippen LogP contribution in [0.25, 0.3) is 22.2 Å². The Labute approximate surface area is 216 Å². The number of hydrogen-bond donors (Lipinski definition) is 0. The third kappa shape index (κ3) is 5.44. The van der Waals surface area contributed by atoms with Gasteiger partial charge < -0.3 is 9.15 Å². The fourth-order valence-electron chi connectivity index (χ4n) is 4.61. The number of alkyl halides is 2. The van der Waals surface area contributed by atoms with Gasteiger partial charge in [0.1, 0.15) is 17.1 Å². The number of aromatic nitrogens is 1. The Morgan fingerprint density at radius 3 is 2.66 bits per heavy atom. The first-order chi connectivity index (χ1) is 18.2. The third-order valence-electron chi connectivity index (χ3n) is 6.45. The molecule has 11 heteroatoms. The van der Waals surface area contributed by atoms with Crippen molar-refractivity contribution < 1.29 is 35.5 Å². The van der Waals surface area contributed by atoms with Gasteiger partial charge in [0, 0.05) is 36.2 Å². The lowest BCUT2D eigenvalue weighted by atomic mass is 10.0. The minimum atomic E-state index is -4.09. The molecule has 2 aromatic carbocycles. The van der Waals surface area contributed by atoms with Crippen LogP contribution >= 0.6 is 0 Å². The number of pyridine rings is 1. The van der Waals surface area contributed by atoms with Gasteiger partial charge in [0.2, 0.25) is 5.09 Å². The summed E-state index contributed by atoms with van der Waals surface area (Å²) in [6, 6.07) is 13.8. The predicted molar refractivity (Wildman–Crippen MR) is 133 cm³/mol. The summed E-state index contributed by atoms with van der Waals surface area (Å²) < 4.78 is 75.9. The number of carbonyl (C=O) groups excluding carboxylic acids is 1. The highest BCUT2D eigenvalue weighted by Crippen LogP contribution is 2.31. The van der Waals surface area contributed by atoms with Crippen molar-refractivity contribution in [1.29, 1.82) is 0 Å². The summed E-state index contributed by atoms with van der Waals surface area (Å²) in [5.41, 5.74) is 2.36. The second kappa shape index (κ2) is 10.6. The van der Waals surface area contributed by atoms with Crippen LogP contribution in [0.5, 0.6) is 5.75 Å². The summed E-state index contributed by atoms with van der Waals surface area (Å²) in [4.78, 5) is 17.4. The highest BCUT2D eigenvalue weighted by molar-refractivity contribution is 7.89. The standard InChI is InChI=1S/C27H23F3N2O5S/c28-20-6-10-25-19(15-20)16-26(37-25)38(34,35)32-13-1-2-23(32)24(33)9-3-17-11-12-31-22(14-17)18-4-7-21(8-5-18)36-27(29)30/h4-8,10-12,14-16,23,27H,1-3,9,13H2. The van der Waals surface area contributed by atoms with Crippen molar-refractivity contribution in [3.8, 4) is 17.0 Å². The van der Waals surface area contributed by atoms with Crippen LogP contribution < -0.4 is 4.74 Å². The zero-order chi connectivity index (χ0) is 26.9. The topological polar surface area (TPSA) is 89.7 Å². The Balaban J connectivity index is 1.27. The van der Waals surface area contributed by atoms with Crippen LogP contribution in [0.3, 0.4) is 0 Å². The number of furan rings is 1. The largest absolute Gasteiger partial charge is 0.443 e. The fourth-order valence-corrected chi connectivity index (χ4v) is 6.24. The highest BCUT2D eigenvalue weighted by Gasteiger charge is 2.40. The molecule has 0 N–H and O–H groups in total. The van der Waals surface area contributed by atoms with E-state index in [0.717, 1.165) is 5.56 Å². The molecule has 0 spiro atoms. The molecule has 1 aliphatic heterocycles. The average Bonchev–Trinajstić information content (AvgIpc) is 3.56. The van der Waals surface area contributed by atoms with E-state index in [1.165, 1.54) is 40.7 Å². The van der Waals surface area contributed by atoms with Crippen LogP contribution in [-0.4, -0.2) is 42.7 Å². The summed E-state index contributed by atoms with van der Waals surface area (Å²) in [6.07, 6.45) is 3.02. The lowest BCUT2D eigenvalue weighted by Crippen LogP contribution is -2.40. The van der Waals surface area contributed by atoms with Gasteiger partial charge >= 0.3 is 6.61 Å². The molecule has 0 bridgehead atoms. The number of fused-ring (bicyclic) bond motifs is 1. The maximum absolute atomic E-state index is 13.5. The quantitative estimate of drug-likeness (QED) is 0.273. The Kier molecular flexibility index (Phi) is 7.22. The number of ether oxygens (including phenoxy) is 1. The van der Waals surface area contributed by atoms with Crippen LogP contribution in [0.4, 0.5) is 13.2 Å². The van der Waals surface area contributed by atoms with Crippen LogP contribution in [0.2, 0.25) is 0 Å². The highest BCUT2D eigenvalue weighted by atomic mass is 32.2. The number of Topliss-reactive ketones (excluding diaryl/α,β-unsaturated/α-hetero) is 1. The molecule has 5 rings (SSSR count). The van der Waals surface area contributed by atoms with Gasteiger partial charge in [-0.2, -0.15) is 13.1 Å². The van der Waals surface area contributed by atoms with Crippen molar-refractivity contribution in [3.63, 3.8) is 0 Å². The van der Waals surface area contributed by atoms with Crippen molar-refractivity contribution in [3.05, 3.63) is 78.2 Å². The fraction of sp³-hybridized carbons (Fsp3) is 0.259. The van der Waals surface area contributed by atoms with Crippen molar-refractivity contribution in [2.24, 2.45) is 0 Å². The summed E-state index contributed by atoms with van der Waals surface area (Å²) in [7, 11) is -4.09. The van der Waals surface area contributed by atoms with Gasteiger partial charge in [-0.1, -0.05) is 0 Å². The Hall–Kier alpha value is -3.70. The van der Waals surface area contributed by atoms with Crippen LogP contribution in [0, 0.1) is 5.82 Å². The lowest BCUT2D eigenvalue weighted by Gasteiger charge is -2.21. The molecule has 4 aromatic rings. The van der Waals surface area contributed by atoms with Gasteiger partial charge in [0.15, 0.2) is 5.78 Å². The van der Waals surface area contributed by atoms with Gasteiger partial charge in [-0.25, -0.2) is 12.8 Å². The second-order valence-corrected chi connectivity index (χ2v) is 10.8. The molecular formula is C27H23F3N2O5S. The van der Waals surface area contributed by atoms with E-state index in [9.17, 15) is 26.4 Å². The molecule has 1 unspecified atom stereocenters. The van der Waals surface area contributed by atoms with E-state index in [1.807, 2.05) is 0 Å². The number of aryl methyl sites for hydroxylation is 1. The van der Waals surface area contributed by atoms with E-state index >= 15 is 0 Å². The van der Waals surface area contributed by atoms with E-state index in [-0.39, 0.29) is 35.2 Å². The Morgan fingerprint density at radius 2 is 1.89 bits per heavy atom. The maximum atomic E-state index is 13.5. The molecular weight excluding hydrogens is 521 g/mol. The molecule has 1 fully saturated rings. The number of halogens is 3. The zero-order valence-corrected chi connectivity index (χ0v) is 20.8. The lowest BCUT2D eigenvalue weighted by molar-refractivity contribution is -0.122. The summed E-state index contributed by atoms with van der Waals surface area (Å²) in [5, 5.41) is 0.0110. The van der Waals surface area contributed by atoms with E-state index in [0.29, 0.717) is 35.9 Å². The van der Waals surface area contributed by atoms with Crippen LogP contribution in [-0.2, 0) is 21.2 Å². The molecule has 0 radical (unpaired) electrons. The zero-order valence-electron chi connectivity index (χ0n) is 20.0. The molecule has 0 aliphatic carbocycles. The second-order valence-electron chi connectivity index (χ2n) is 8.94. The molecule has 198 valence electrons. The number of nitrogens with zero attached hydrogens (tertiary/aromatic N) is 2. The first kappa shape index (κ1) is 25.9.